The second-order valence-electron chi connectivity index (χ2n) is 4.93. The molecule has 1 aromatic carbocycles. The van der Waals surface area contributed by atoms with Gasteiger partial charge >= 0.3 is 6.18 Å². The van der Waals surface area contributed by atoms with Crippen LogP contribution in [0.25, 0.3) is 0 Å². The van der Waals surface area contributed by atoms with Gasteiger partial charge in [0.05, 0.1) is 17.8 Å². The number of carbonyl (C=O) groups excluding carboxylic acids is 1. The minimum Gasteiger partial charge on any atom is -0.324 e. The Hall–Kier alpha value is -1.60. The fraction of sp³-hybridized carbons (Fsp3) is 0.500. The third-order valence-corrected chi connectivity index (χ3v) is 2.75. The van der Waals surface area contributed by atoms with Gasteiger partial charge in [-0.1, -0.05) is 12.1 Å². The normalized spacial score (nSPS) is 11.7. The van der Waals surface area contributed by atoms with E-state index >= 15 is 0 Å². The summed E-state index contributed by atoms with van der Waals surface area (Å²) in [6.45, 7) is 1.50. The minimum atomic E-state index is -4.48. The van der Waals surface area contributed by atoms with Crippen LogP contribution in [0.5, 0.6) is 0 Å². The van der Waals surface area contributed by atoms with Crippen LogP contribution in [0.1, 0.15) is 12.0 Å². The number of amides is 1. The molecule has 0 aliphatic carbocycles. The SMILES string of the molecule is CN(C)CCCNCC(=O)Nc1ccccc1C(F)(F)F. The Morgan fingerprint density at radius 2 is 1.90 bits per heavy atom. The summed E-state index contributed by atoms with van der Waals surface area (Å²) in [5, 5.41) is 5.18. The molecule has 0 aliphatic heterocycles. The molecule has 21 heavy (non-hydrogen) atoms. The molecule has 0 aliphatic rings. The first kappa shape index (κ1) is 17.5. The number of alkyl halides is 3. The van der Waals surface area contributed by atoms with E-state index in [1.807, 2.05) is 19.0 Å². The second-order valence-corrected chi connectivity index (χ2v) is 4.93. The number of hydrogen-bond acceptors (Lipinski definition) is 3. The smallest absolute Gasteiger partial charge is 0.324 e. The molecule has 118 valence electrons. The summed E-state index contributed by atoms with van der Waals surface area (Å²) < 4.78 is 38.3. The van der Waals surface area contributed by atoms with Crippen molar-refractivity contribution >= 4 is 11.6 Å². The van der Waals surface area contributed by atoms with Gasteiger partial charge in [0.25, 0.3) is 0 Å². The molecule has 0 fully saturated rings. The number of hydrogen-bond donors (Lipinski definition) is 2. The van der Waals surface area contributed by atoms with Crippen molar-refractivity contribution in [2.45, 2.75) is 12.6 Å². The van der Waals surface area contributed by atoms with Gasteiger partial charge in [-0.25, -0.2) is 0 Å². The third-order valence-electron chi connectivity index (χ3n) is 2.75. The van der Waals surface area contributed by atoms with Crippen LogP contribution in [0.4, 0.5) is 18.9 Å². The lowest BCUT2D eigenvalue weighted by atomic mass is 10.1. The van der Waals surface area contributed by atoms with Crippen molar-refractivity contribution < 1.29 is 18.0 Å². The van der Waals surface area contributed by atoms with Gasteiger partial charge in [0, 0.05) is 0 Å². The molecular formula is C14H20F3N3O. The topological polar surface area (TPSA) is 44.4 Å². The summed E-state index contributed by atoms with van der Waals surface area (Å²) in [7, 11) is 3.89. The molecule has 0 atom stereocenters. The van der Waals surface area contributed by atoms with Gasteiger partial charge < -0.3 is 15.5 Å². The molecule has 1 amide bonds. The predicted octanol–water partition coefficient (Wildman–Crippen LogP) is 2.19. The fourth-order valence-corrected chi connectivity index (χ4v) is 1.76. The average molecular weight is 303 g/mol. The number of halogens is 3. The number of anilines is 1. The van der Waals surface area contributed by atoms with Crippen molar-refractivity contribution in [2.24, 2.45) is 0 Å². The van der Waals surface area contributed by atoms with Gasteiger partial charge in [0.1, 0.15) is 0 Å². The Balaban J connectivity index is 2.45. The maximum absolute atomic E-state index is 12.8. The number of para-hydroxylation sites is 1. The number of nitrogens with one attached hydrogen (secondary N) is 2. The zero-order valence-corrected chi connectivity index (χ0v) is 12.1. The highest BCUT2D eigenvalue weighted by Gasteiger charge is 2.33. The molecule has 0 aromatic heterocycles. The van der Waals surface area contributed by atoms with E-state index in [0.29, 0.717) is 6.54 Å². The van der Waals surface area contributed by atoms with E-state index in [2.05, 4.69) is 10.6 Å². The third kappa shape index (κ3) is 6.59. The van der Waals surface area contributed by atoms with Crippen LogP contribution in [0.15, 0.2) is 24.3 Å². The lowest BCUT2D eigenvalue weighted by Crippen LogP contribution is -2.30. The summed E-state index contributed by atoms with van der Waals surface area (Å²) in [6, 6.07) is 4.93. The summed E-state index contributed by atoms with van der Waals surface area (Å²) in [4.78, 5) is 13.7. The van der Waals surface area contributed by atoms with Crippen LogP contribution < -0.4 is 10.6 Å². The van der Waals surface area contributed by atoms with Gasteiger partial charge in [-0.2, -0.15) is 13.2 Å². The Morgan fingerprint density at radius 3 is 2.52 bits per heavy atom. The first-order valence-corrected chi connectivity index (χ1v) is 6.62. The first-order valence-electron chi connectivity index (χ1n) is 6.62. The Labute approximate surface area is 122 Å². The molecule has 4 nitrogen and oxygen atoms in total. The lowest BCUT2D eigenvalue weighted by Gasteiger charge is -2.14. The zero-order valence-electron chi connectivity index (χ0n) is 12.1. The largest absolute Gasteiger partial charge is 0.418 e. The Morgan fingerprint density at radius 1 is 1.24 bits per heavy atom. The van der Waals surface area contributed by atoms with Gasteiger partial charge in [-0.3, -0.25) is 4.79 Å². The van der Waals surface area contributed by atoms with E-state index in [4.69, 9.17) is 0 Å². The monoisotopic (exact) mass is 303 g/mol. The maximum Gasteiger partial charge on any atom is 0.418 e. The summed E-state index contributed by atoms with van der Waals surface area (Å²) in [5.41, 5.74) is -1.06. The number of carbonyl (C=O) groups is 1. The van der Waals surface area contributed by atoms with E-state index in [9.17, 15) is 18.0 Å². The van der Waals surface area contributed by atoms with Crippen LogP contribution in [-0.2, 0) is 11.0 Å². The highest BCUT2D eigenvalue weighted by atomic mass is 19.4. The summed E-state index contributed by atoms with van der Waals surface area (Å²) >= 11 is 0. The molecule has 0 spiro atoms. The second kappa shape index (κ2) is 7.99. The predicted molar refractivity (Wildman–Crippen MR) is 76.1 cm³/mol. The molecule has 1 rings (SSSR count). The minimum absolute atomic E-state index is 0.0143. The number of rotatable bonds is 7. The molecule has 0 saturated heterocycles. The number of nitrogens with zero attached hydrogens (tertiary/aromatic N) is 1. The van der Waals surface area contributed by atoms with E-state index < -0.39 is 17.6 Å². The maximum atomic E-state index is 12.8. The van der Waals surface area contributed by atoms with Crippen molar-refractivity contribution in [3.8, 4) is 0 Å². The van der Waals surface area contributed by atoms with E-state index in [1.54, 1.807) is 0 Å². The summed E-state index contributed by atoms with van der Waals surface area (Å²) in [6.07, 6.45) is -3.62. The molecule has 0 unspecified atom stereocenters. The molecule has 1 aromatic rings. The van der Waals surface area contributed by atoms with Crippen molar-refractivity contribution in [1.29, 1.82) is 0 Å². The van der Waals surface area contributed by atoms with Crippen molar-refractivity contribution in [1.82, 2.24) is 10.2 Å². The quantitative estimate of drug-likeness (QED) is 0.759. The molecule has 0 radical (unpaired) electrons. The highest BCUT2D eigenvalue weighted by molar-refractivity contribution is 5.93. The first-order chi connectivity index (χ1) is 9.80. The lowest BCUT2D eigenvalue weighted by molar-refractivity contribution is -0.137. The van der Waals surface area contributed by atoms with Gasteiger partial charge in [0.15, 0.2) is 0 Å². The highest BCUT2D eigenvalue weighted by Crippen LogP contribution is 2.34. The Bertz CT molecular complexity index is 461. The molecular weight excluding hydrogens is 283 g/mol. The van der Waals surface area contributed by atoms with E-state index in [0.717, 1.165) is 19.0 Å². The van der Waals surface area contributed by atoms with Gasteiger partial charge in [-0.05, 0) is 45.7 Å². The van der Waals surface area contributed by atoms with Gasteiger partial charge in [-0.15, -0.1) is 0 Å². The van der Waals surface area contributed by atoms with Crippen LogP contribution in [0, 0.1) is 0 Å². The van der Waals surface area contributed by atoms with Crippen molar-refractivity contribution in [2.75, 3.05) is 39.0 Å². The number of benzene rings is 1. The fourth-order valence-electron chi connectivity index (χ4n) is 1.76. The zero-order chi connectivity index (χ0) is 15.9. The van der Waals surface area contributed by atoms with E-state index in [-0.39, 0.29) is 12.2 Å². The van der Waals surface area contributed by atoms with Crippen LogP contribution in [0.3, 0.4) is 0 Å². The van der Waals surface area contributed by atoms with E-state index in [1.165, 1.54) is 18.2 Å². The molecule has 7 heteroatoms. The molecule has 0 heterocycles. The standard InChI is InChI=1S/C14H20F3N3O/c1-20(2)9-5-8-18-10-13(21)19-12-7-4-3-6-11(12)14(15,16)17/h3-4,6-7,18H,5,8-10H2,1-2H3,(H,19,21). The molecule has 0 saturated carbocycles. The average Bonchev–Trinajstić information content (AvgIpc) is 2.37. The Kier molecular flexibility index (Phi) is 6.64. The van der Waals surface area contributed by atoms with Gasteiger partial charge in [0.2, 0.25) is 5.91 Å². The van der Waals surface area contributed by atoms with Crippen molar-refractivity contribution in [3.63, 3.8) is 0 Å². The molecule has 2 N–H and O–H groups in total. The molecule has 0 bridgehead atoms. The van der Waals surface area contributed by atoms with Crippen LogP contribution in [0.2, 0.25) is 0 Å². The van der Waals surface area contributed by atoms with Crippen LogP contribution >= 0.6 is 0 Å². The van der Waals surface area contributed by atoms with Crippen molar-refractivity contribution in [3.05, 3.63) is 29.8 Å². The van der Waals surface area contributed by atoms with Crippen LogP contribution in [-0.4, -0.2) is 44.5 Å². The summed E-state index contributed by atoms with van der Waals surface area (Å²) in [5.74, 6) is -0.489.